The molecule has 2 nitrogen and oxygen atoms in total. The Balaban J connectivity index is 0.00000324. The first-order chi connectivity index (χ1) is 8.34. The van der Waals surface area contributed by atoms with Crippen molar-refractivity contribution in [3.63, 3.8) is 0 Å². The molecule has 6 heteroatoms. The van der Waals surface area contributed by atoms with Gasteiger partial charge in [0.05, 0.1) is 22.2 Å². The zero-order chi connectivity index (χ0) is 13.9. The van der Waals surface area contributed by atoms with Gasteiger partial charge in [-0.25, -0.2) is 0 Å². The van der Waals surface area contributed by atoms with Gasteiger partial charge in [0.1, 0.15) is 0 Å². The predicted molar refractivity (Wildman–Crippen MR) is 85.7 cm³/mol. The summed E-state index contributed by atoms with van der Waals surface area (Å²) in [5, 5.41) is 11.2. The van der Waals surface area contributed by atoms with Crippen molar-refractivity contribution in [2.75, 3.05) is 0 Å². The number of aliphatic hydroxyl groups is 1. The van der Waals surface area contributed by atoms with Crippen LogP contribution in [0.25, 0.3) is 0 Å². The molecule has 0 bridgehead atoms. The maximum absolute atomic E-state index is 10.1. The number of aliphatic hydroxyl groups excluding tert-OH is 1. The van der Waals surface area contributed by atoms with Gasteiger partial charge in [-0.1, -0.05) is 48.7 Å². The summed E-state index contributed by atoms with van der Waals surface area (Å²) < 4.78 is 0. The average Bonchev–Trinajstić information content (AvgIpc) is 2.31. The lowest BCUT2D eigenvalue weighted by molar-refractivity contribution is 0.128. The molecule has 2 atom stereocenters. The highest BCUT2D eigenvalue weighted by atomic mass is 35.5. The molecule has 1 aromatic rings. The second-order valence-electron chi connectivity index (χ2n) is 4.82. The van der Waals surface area contributed by atoms with Crippen LogP contribution in [-0.2, 0) is 0 Å². The predicted octanol–water partition coefficient (Wildman–Crippen LogP) is 4.87. The van der Waals surface area contributed by atoms with Crippen LogP contribution in [0.1, 0.15) is 38.3 Å². The fourth-order valence-electron chi connectivity index (χ4n) is 1.72. The molecule has 19 heavy (non-hydrogen) atoms. The van der Waals surface area contributed by atoms with Crippen LogP contribution >= 0.6 is 47.2 Å². The first-order valence-electron chi connectivity index (χ1n) is 5.91. The molecule has 0 unspecified atom stereocenters. The summed E-state index contributed by atoms with van der Waals surface area (Å²) >= 11 is 18.1. The first-order valence-corrected chi connectivity index (χ1v) is 7.05. The lowest BCUT2D eigenvalue weighted by Crippen LogP contribution is -2.27. The number of hydrogen-bond acceptors (Lipinski definition) is 2. The van der Waals surface area contributed by atoms with E-state index >= 15 is 0 Å². The summed E-state index contributed by atoms with van der Waals surface area (Å²) in [6.45, 7) is 4.19. The van der Waals surface area contributed by atoms with Crippen LogP contribution in [-0.4, -0.2) is 11.2 Å². The Labute approximate surface area is 135 Å². The molecule has 0 amide bonds. The molecule has 0 aliphatic heterocycles. The van der Waals surface area contributed by atoms with Gasteiger partial charge in [-0.2, -0.15) is 0 Å². The van der Waals surface area contributed by atoms with Gasteiger partial charge >= 0.3 is 0 Å². The Morgan fingerprint density at radius 3 is 2.16 bits per heavy atom. The van der Waals surface area contributed by atoms with Crippen LogP contribution in [0.5, 0.6) is 0 Å². The van der Waals surface area contributed by atoms with Gasteiger partial charge in [0, 0.05) is 10.6 Å². The summed E-state index contributed by atoms with van der Waals surface area (Å²) in [6.07, 6.45) is 0.823. The largest absolute Gasteiger partial charge is 0.391 e. The van der Waals surface area contributed by atoms with E-state index in [4.69, 9.17) is 40.5 Å². The summed E-state index contributed by atoms with van der Waals surface area (Å²) in [7, 11) is 0. The van der Waals surface area contributed by atoms with Crippen LogP contribution in [0.15, 0.2) is 12.1 Å². The van der Waals surface area contributed by atoms with E-state index in [1.807, 2.05) is 0 Å². The van der Waals surface area contributed by atoms with Crippen molar-refractivity contribution in [2.24, 2.45) is 11.7 Å². The highest BCUT2D eigenvalue weighted by molar-refractivity contribution is 6.44. The highest BCUT2D eigenvalue weighted by Gasteiger charge is 2.23. The molecular formula is C13H19Cl4NO. The van der Waals surface area contributed by atoms with Gasteiger partial charge in [-0.15, -0.1) is 12.4 Å². The number of halogens is 4. The van der Waals surface area contributed by atoms with Crippen molar-refractivity contribution in [3.8, 4) is 0 Å². The normalized spacial score (nSPS) is 14.1. The summed E-state index contributed by atoms with van der Waals surface area (Å²) in [6, 6.07) is 2.63. The monoisotopic (exact) mass is 345 g/mol. The zero-order valence-electron chi connectivity index (χ0n) is 10.9. The summed E-state index contributed by atoms with van der Waals surface area (Å²) in [5.41, 5.74) is 6.53. The highest BCUT2D eigenvalue weighted by Crippen LogP contribution is 2.36. The first kappa shape index (κ1) is 19.3. The summed E-state index contributed by atoms with van der Waals surface area (Å²) in [4.78, 5) is 0. The molecule has 0 aliphatic rings. The van der Waals surface area contributed by atoms with E-state index in [9.17, 15) is 5.11 Å². The number of nitrogens with two attached hydrogens (primary N) is 1. The molecule has 1 rings (SSSR count). The van der Waals surface area contributed by atoms with Crippen molar-refractivity contribution in [1.29, 1.82) is 0 Å². The third-order valence-corrected chi connectivity index (χ3v) is 4.02. The van der Waals surface area contributed by atoms with E-state index in [2.05, 4.69) is 13.8 Å². The molecule has 0 spiro atoms. The van der Waals surface area contributed by atoms with E-state index in [0.717, 1.165) is 6.42 Å². The molecule has 0 radical (unpaired) electrons. The van der Waals surface area contributed by atoms with Crippen LogP contribution < -0.4 is 5.73 Å². The van der Waals surface area contributed by atoms with Crippen molar-refractivity contribution in [1.82, 2.24) is 0 Å². The SMILES string of the molecule is CC(C)CC[C@@H](O)[C@@H](N)c1c(Cl)ccc(Cl)c1Cl.Cl. The lowest BCUT2D eigenvalue weighted by atomic mass is 9.96. The third-order valence-electron chi connectivity index (χ3n) is 2.87. The molecule has 0 saturated carbocycles. The maximum atomic E-state index is 10.1. The lowest BCUT2D eigenvalue weighted by Gasteiger charge is -2.22. The van der Waals surface area contributed by atoms with Crippen molar-refractivity contribution in [2.45, 2.75) is 38.8 Å². The molecule has 1 aromatic carbocycles. The molecule has 0 fully saturated rings. The molecular weight excluding hydrogens is 328 g/mol. The van der Waals surface area contributed by atoms with Crippen molar-refractivity contribution >= 4 is 47.2 Å². The van der Waals surface area contributed by atoms with E-state index < -0.39 is 12.1 Å². The Morgan fingerprint density at radius 1 is 1.11 bits per heavy atom. The van der Waals surface area contributed by atoms with Crippen molar-refractivity contribution in [3.05, 3.63) is 32.8 Å². The van der Waals surface area contributed by atoms with Crippen LogP contribution in [0, 0.1) is 5.92 Å². The van der Waals surface area contributed by atoms with Gasteiger partial charge in [-0.3, -0.25) is 0 Å². The van der Waals surface area contributed by atoms with E-state index in [0.29, 0.717) is 33.0 Å². The van der Waals surface area contributed by atoms with Crippen molar-refractivity contribution < 1.29 is 5.11 Å². The fraction of sp³-hybridized carbons (Fsp3) is 0.538. The number of hydrogen-bond donors (Lipinski definition) is 2. The van der Waals surface area contributed by atoms with Gasteiger partial charge in [0.25, 0.3) is 0 Å². The fourth-order valence-corrected chi connectivity index (χ4v) is 2.51. The molecule has 0 aliphatic carbocycles. The van der Waals surface area contributed by atoms with Gasteiger partial charge < -0.3 is 10.8 Å². The zero-order valence-corrected chi connectivity index (χ0v) is 14.0. The standard InChI is InChI=1S/C13H18Cl3NO.ClH/c1-7(2)3-6-10(18)13(17)11-8(14)4-5-9(15)12(11)16;/h4-5,7,10,13,18H,3,6,17H2,1-2H3;1H/t10-,13-;/m1./s1. The van der Waals surface area contributed by atoms with Gasteiger partial charge in [0.2, 0.25) is 0 Å². The second kappa shape index (κ2) is 8.56. The smallest absolute Gasteiger partial charge is 0.0734 e. The van der Waals surface area contributed by atoms with E-state index in [1.165, 1.54) is 0 Å². The van der Waals surface area contributed by atoms with Crippen LogP contribution in [0.2, 0.25) is 15.1 Å². The Bertz CT molecular complexity index is 412. The topological polar surface area (TPSA) is 46.2 Å². The summed E-state index contributed by atoms with van der Waals surface area (Å²) in [5.74, 6) is 0.511. The van der Waals surface area contributed by atoms with Gasteiger partial charge in [0.15, 0.2) is 0 Å². The molecule has 0 aromatic heterocycles. The third kappa shape index (κ3) is 5.30. The second-order valence-corrected chi connectivity index (χ2v) is 6.01. The number of benzene rings is 1. The van der Waals surface area contributed by atoms with Gasteiger partial charge in [-0.05, 0) is 30.9 Å². The molecule has 0 saturated heterocycles. The Hall–Kier alpha value is 0.300. The minimum Gasteiger partial charge on any atom is -0.391 e. The minimum absolute atomic E-state index is 0. The van der Waals surface area contributed by atoms with E-state index in [1.54, 1.807) is 12.1 Å². The number of rotatable bonds is 5. The van der Waals surface area contributed by atoms with Crippen LogP contribution in [0.3, 0.4) is 0 Å². The van der Waals surface area contributed by atoms with E-state index in [-0.39, 0.29) is 12.4 Å². The minimum atomic E-state index is -0.680. The maximum Gasteiger partial charge on any atom is 0.0734 e. The molecule has 0 heterocycles. The quantitative estimate of drug-likeness (QED) is 0.747. The van der Waals surface area contributed by atoms with Crippen LogP contribution in [0.4, 0.5) is 0 Å². The Kier molecular flexibility index (Phi) is 8.69. The molecule has 110 valence electrons. The molecule has 3 N–H and O–H groups in total. The average molecular weight is 347 g/mol. The Morgan fingerprint density at radius 2 is 1.63 bits per heavy atom.